The monoisotopic (exact) mass is 421 g/mol. The highest BCUT2D eigenvalue weighted by molar-refractivity contribution is 6.32. The first kappa shape index (κ1) is 19.5. The molecule has 0 fully saturated rings. The molecule has 0 unspecified atom stereocenters. The third kappa shape index (κ3) is 3.72. The Kier molecular flexibility index (Phi) is 4.93. The fraction of sp³-hybridized carbons (Fsp3) is 0.0952. The van der Waals surface area contributed by atoms with Crippen molar-refractivity contribution in [3.05, 3.63) is 86.4 Å². The zero-order chi connectivity index (χ0) is 21.4. The van der Waals surface area contributed by atoms with Crippen LogP contribution in [0.25, 0.3) is 16.7 Å². The Morgan fingerprint density at radius 3 is 2.50 bits per heavy atom. The van der Waals surface area contributed by atoms with Gasteiger partial charge in [-0.1, -0.05) is 17.7 Å². The summed E-state index contributed by atoms with van der Waals surface area (Å²) in [6.07, 6.45) is 0. The van der Waals surface area contributed by atoms with Gasteiger partial charge < -0.3 is 5.32 Å². The van der Waals surface area contributed by atoms with E-state index >= 15 is 0 Å². The third-order valence-electron chi connectivity index (χ3n) is 4.76. The number of rotatable bonds is 4. The van der Waals surface area contributed by atoms with Gasteiger partial charge in [0.25, 0.3) is 11.6 Å². The molecule has 1 heterocycles. The number of aromatic nitrogens is 3. The van der Waals surface area contributed by atoms with Crippen molar-refractivity contribution in [2.24, 2.45) is 0 Å². The fourth-order valence-corrected chi connectivity index (χ4v) is 3.14. The van der Waals surface area contributed by atoms with Crippen molar-refractivity contribution in [3.63, 3.8) is 0 Å². The molecule has 4 aromatic rings. The van der Waals surface area contributed by atoms with Gasteiger partial charge in [-0.05, 0) is 67.4 Å². The molecule has 9 heteroatoms. The Bertz CT molecular complexity index is 1320. The molecular weight excluding hydrogens is 406 g/mol. The average Bonchev–Trinajstić information content (AvgIpc) is 3.13. The Labute approximate surface area is 176 Å². The lowest BCUT2D eigenvalue weighted by Crippen LogP contribution is -2.12. The molecule has 0 bridgehead atoms. The van der Waals surface area contributed by atoms with Crippen LogP contribution in [0.2, 0.25) is 5.02 Å². The first-order chi connectivity index (χ1) is 14.3. The second kappa shape index (κ2) is 7.57. The van der Waals surface area contributed by atoms with Gasteiger partial charge in [-0.3, -0.25) is 14.9 Å². The molecule has 150 valence electrons. The van der Waals surface area contributed by atoms with Crippen LogP contribution in [0.15, 0.2) is 54.6 Å². The van der Waals surface area contributed by atoms with E-state index in [1.54, 1.807) is 23.0 Å². The van der Waals surface area contributed by atoms with Gasteiger partial charge in [0.15, 0.2) is 0 Å². The third-order valence-corrected chi connectivity index (χ3v) is 5.08. The Balaban J connectivity index is 1.61. The van der Waals surface area contributed by atoms with Crippen molar-refractivity contribution >= 4 is 39.9 Å². The average molecular weight is 422 g/mol. The number of hydrogen-bond acceptors (Lipinski definition) is 5. The molecule has 1 N–H and O–H groups in total. The number of nitro groups is 1. The number of halogens is 1. The number of aryl methyl sites for hydroxylation is 2. The molecule has 0 aliphatic heterocycles. The molecule has 0 spiro atoms. The minimum atomic E-state index is -0.629. The van der Waals surface area contributed by atoms with Crippen molar-refractivity contribution in [2.45, 2.75) is 13.8 Å². The fourth-order valence-electron chi connectivity index (χ4n) is 2.95. The van der Waals surface area contributed by atoms with Crippen molar-refractivity contribution < 1.29 is 9.72 Å². The number of nitro benzene ring substituents is 1. The first-order valence-corrected chi connectivity index (χ1v) is 9.39. The van der Waals surface area contributed by atoms with Crippen LogP contribution in [0.1, 0.15) is 21.5 Å². The second-order valence-electron chi connectivity index (χ2n) is 6.84. The number of carbonyl (C=O) groups excluding carboxylic acids is 1. The van der Waals surface area contributed by atoms with E-state index < -0.39 is 10.8 Å². The van der Waals surface area contributed by atoms with E-state index in [0.29, 0.717) is 16.7 Å². The summed E-state index contributed by atoms with van der Waals surface area (Å²) in [6.45, 7) is 4.06. The summed E-state index contributed by atoms with van der Waals surface area (Å²) < 4.78 is 0. The summed E-state index contributed by atoms with van der Waals surface area (Å²) in [5.41, 5.74) is 4.75. The minimum Gasteiger partial charge on any atom is -0.322 e. The van der Waals surface area contributed by atoms with Gasteiger partial charge in [0.2, 0.25) is 0 Å². The molecule has 0 radical (unpaired) electrons. The van der Waals surface area contributed by atoms with Gasteiger partial charge in [-0.2, -0.15) is 4.80 Å². The van der Waals surface area contributed by atoms with Crippen LogP contribution in [-0.4, -0.2) is 25.8 Å². The molecule has 0 atom stereocenters. The van der Waals surface area contributed by atoms with Gasteiger partial charge in [0, 0.05) is 17.3 Å². The first-order valence-electron chi connectivity index (χ1n) is 9.02. The van der Waals surface area contributed by atoms with Gasteiger partial charge in [0.1, 0.15) is 16.1 Å². The number of hydrogen-bond donors (Lipinski definition) is 1. The standard InChI is InChI=1S/C21H16ClN5O3/c1-12-3-6-16(9-13(12)2)26-24-18-8-5-15(11-19(18)25-26)23-21(28)14-4-7-17(22)20(10-14)27(29)30/h3-11H,1-2H3,(H,23,28). The number of nitrogens with zero attached hydrogens (tertiary/aromatic N) is 4. The van der Waals surface area contributed by atoms with Crippen LogP contribution in [0.4, 0.5) is 11.4 Å². The topological polar surface area (TPSA) is 103 Å². The van der Waals surface area contributed by atoms with Crippen LogP contribution in [-0.2, 0) is 0 Å². The molecule has 4 rings (SSSR count). The Morgan fingerprint density at radius 2 is 1.77 bits per heavy atom. The van der Waals surface area contributed by atoms with Crippen LogP contribution in [0, 0.1) is 24.0 Å². The highest BCUT2D eigenvalue weighted by atomic mass is 35.5. The minimum absolute atomic E-state index is 0.0269. The lowest BCUT2D eigenvalue weighted by atomic mass is 10.1. The van der Waals surface area contributed by atoms with Crippen molar-refractivity contribution in [1.82, 2.24) is 15.0 Å². The van der Waals surface area contributed by atoms with Gasteiger partial charge in [0.05, 0.1) is 10.6 Å². The normalized spacial score (nSPS) is 10.9. The van der Waals surface area contributed by atoms with Gasteiger partial charge >= 0.3 is 0 Å². The number of amides is 1. The van der Waals surface area contributed by atoms with Crippen molar-refractivity contribution in [1.29, 1.82) is 0 Å². The van der Waals surface area contributed by atoms with E-state index in [-0.39, 0.29) is 16.3 Å². The lowest BCUT2D eigenvalue weighted by molar-refractivity contribution is -0.384. The summed E-state index contributed by atoms with van der Waals surface area (Å²) in [5.74, 6) is -0.490. The summed E-state index contributed by atoms with van der Waals surface area (Å²) in [7, 11) is 0. The molecule has 1 amide bonds. The van der Waals surface area contributed by atoms with Crippen LogP contribution in [0.3, 0.4) is 0 Å². The van der Waals surface area contributed by atoms with E-state index in [1.165, 1.54) is 17.7 Å². The van der Waals surface area contributed by atoms with Gasteiger partial charge in [-0.25, -0.2) is 0 Å². The van der Waals surface area contributed by atoms with Crippen LogP contribution < -0.4 is 5.32 Å². The molecule has 8 nitrogen and oxygen atoms in total. The largest absolute Gasteiger partial charge is 0.322 e. The molecule has 0 aliphatic carbocycles. The van der Waals surface area contributed by atoms with Crippen LogP contribution in [0.5, 0.6) is 0 Å². The maximum atomic E-state index is 12.5. The molecular formula is C21H16ClN5O3. The molecule has 0 aliphatic rings. The number of benzene rings is 3. The molecule has 0 saturated heterocycles. The molecule has 30 heavy (non-hydrogen) atoms. The molecule has 0 saturated carbocycles. The maximum Gasteiger partial charge on any atom is 0.288 e. The second-order valence-corrected chi connectivity index (χ2v) is 7.25. The van der Waals surface area contributed by atoms with E-state index in [1.807, 2.05) is 32.0 Å². The smallest absolute Gasteiger partial charge is 0.288 e. The van der Waals surface area contributed by atoms with Gasteiger partial charge in [-0.15, -0.1) is 10.2 Å². The number of anilines is 1. The van der Waals surface area contributed by atoms with E-state index in [9.17, 15) is 14.9 Å². The van der Waals surface area contributed by atoms with E-state index in [0.717, 1.165) is 17.3 Å². The molecule has 1 aromatic heterocycles. The van der Waals surface area contributed by atoms with Crippen molar-refractivity contribution in [3.8, 4) is 5.69 Å². The lowest BCUT2D eigenvalue weighted by Gasteiger charge is -2.05. The van der Waals surface area contributed by atoms with E-state index in [4.69, 9.17) is 11.6 Å². The van der Waals surface area contributed by atoms with E-state index in [2.05, 4.69) is 15.5 Å². The summed E-state index contributed by atoms with van der Waals surface area (Å²) in [6, 6.07) is 15.0. The summed E-state index contributed by atoms with van der Waals surface area (Å²) >= 11 is 5.80. The zero-order valence-corrected chi connectivity index (χ0v) is 16.8. The summed E-state index contributed by atoms with van der Waals surface area (Å²) in [4.78, 5) is 24.5. The SMILES string of the molecule is Cc1ccc(-n2nc3ccc(NC(=O)c4ccc(Cl)c([N+](=O)[O-])c4)cc3n2)cc1C. The number of fused-ring (bicyclic) bond motifs is 1. The maximum absolute atomic E-state index is 12.5. The number of nitrogens with one attached hydrogen (secondary N) is 1. The van der Waals surface area contributed by atoms with Crippen molar-refractivity contribution in [2.75, 3.05) is 5.32 Å². The zero-order valence-electron chi connectivity index (χ0n) is 16.1. The predicted octanol–water partition coefficient (Wildman–Crippen LogP) is 4.85. The predicted molar refractivity (Wildman–Crippen MR) is 114 cm³/mol. The Morgan fingerprint density at radius 1 is 1.00 bits per heavy atom. The highest BCUT2D eigenvalue weighted by Crippen LogP contribution is 2.26. The molecule has 3 aromatic carbocycles. The number of carbonyl (C=O) groups is 1. The van der Waals surface area contributed by atoms with Crippen LogP contribution >= 0.6 is 11.6 Å². The highest BCUT2D eigenvalue weighted by Gasteiger charge is 2.17. The quantitative estimate of drug-likeness (QED) is 0.374. The summed E-state index contributed by atoms with van der Waals surface area (Å²) in [5, 5.41) is 22.7. The Hall–Kier alpha value is -3.78.